The lowest BCUT2D eigenvalue weighted by Gasteiger charge is -2.13. The molecule has 0 unspecified atom stereocenters. The van der Waals surface area contributed by atoms with E-state index < -0.39 is 34.0 Å². The van der Waals surface area contributed by atoms with Gasteiger partial charge in [-0.05, 0) is 30.3 Å². The molecule has 1 heterocycles. The van der Waals surface area contributed by atoms with E-state index in [0.29, 0.717) is 6.07 Å². The van der Waals surface area contributed by atoms with Crippen LogP contribution in [0.2, 0.25) is 5.02 Å². The van der Waals surface area contributed by atoms with E-state index >= 15 is 0 Å². The van der Waals surface area contributed by atoms with Gasteiger partial charge in [0.1, 0.15) is 12.1 Å². The Morgan fingerprint density at radius 3 is 2.21 bits per heavy atom. The first-order chi connectivity index (χ1) is 13.7. The summed E-state index contributed by atoms with van der Waals surface area (Å²) in [5.74, 6) is -1.47. The molecule has 1 aromatic heterocycles. The van der Waals surface area contributed by atoms with Crippen molar-refractivity contribution in [2.24, 2.45) is 0 Å². The van der Waals surface area contributed by atoms with Gasteiger partial charge in [-0.2, -0.15) is 13.2 Å². The molecule has 2 aromatic carbocycles. The third-order valence-electron chi connectivity index (χ3n) is 3.68. The van der Waals surface area contributed by atoms with Gasteiger partial charge in [0.25, 0.3) is 0 Å². The normalized spacial score (nSPS) is 11.2. The summed E-state index contributed by atoms with van der Waals surface area (Å²) in [6, 6.07) is 7.86. The Bertz CT molecular complexity index is 1080. The van der Waals surface area contributed by atoms with Gasteiger partial charge < -0.3 is 10.6 Å². The number of nitrogens with one attached hydrogen (secondary N) is 2. The SMILES string of the molecule is O=[N+]([O-])c1c(Nc2ccccc2F)ncnc1Nc1cc(C(F)(F)F)ccc1Cl. The smallest absolute Gasteiger partial charge is 0.333 e. The van der Waals surface area contributed by atoms with E-state index in [1.165, 1.54) is 18.2 Å². The molecule has 0 aliphatic carbocycles. The minimum atomic E-state index is -4.64. The topological polar surface area (TPSA) is 93.0 Å². The number of hydrogen-bond donors (Lipinski definition) is 2. The summed E-state index contributed by atoms with van der Waals surface area (Å²) in [4.78, 5) is 18.2. The van der Waals surface area contributed by atoms with Gasteiger partial charge in [-0.3, -0.25) is 10.1 Å². The maximum atomic E-state index is 13.8. The van der Waals surface area contributed by atoms with Crippen molar-refractivity contribution in [3.63, 3.8) is 0 Å². The van der Waals surface area contributed by atoms with Crippen LogP contribution < -0.4 is 10.6 Å². The lowest BCUT2D eigenvalue weighted by Crippen LogP contribution is -2.08. The molecule has 29 heavy (non-hydrogen) atoms. The van der Waals surface area contributed by atoms with Crippen LogP contribution in [0.4, 0.5) is 46.3 Å². The highest BCUT2D eigenvalue weighted by Gasteiger charge is 2.31. The van der Waals surface area contributed by atoms with Gasteiger partial charge in [-0.25, -0.2) is 14.4 Å². The van der Waals surface area contributed by atoms with Crippen molar-refractivity contribution in [3.05, 3.63) is 75.3 Å². The summed E-state index contributed by atoms with van der Waals surface area (Å²) < 4.78 is 52.7. The largest absolute Gasteiger partial charge is 0.416 e. The lowest BCUT2D eigenvalue weighted by atomic mass is 10.2. The summed E-state index contributed by atoms with van der Waals surface area (Å²) in [7, 11) is 0. The van der Waals surface area contributed by atoms with E-state index in [2.05, 4.69) is 20.6 Å². The zero-order valence-corrected chi connectivity index (χ0v) is 14.9. The van der Waals surface area contributed by atoms with Crippen LogP contribution in [0.5, 0.6) is 0 Å². The van der Waals surface area contributed by atoms with Gasteiger partial charge >= 0.3 is 11.9 Å². The third kappa shape index (κ3) is 4.51. The Labute approximate surface area is 165 Å². The zero-order valence-electron chi connectivity index (χ0n) is 14.2. The van der Waals surface area contributed by atoms with E-state index in [9.17, 15) is 27.7 Å². The van der Waals surface area contributed by atoms with Crippen LogP contribution in [-0.4, -0.2) is 14.9 Å². The van der Waals surface area contributed by atoms with Crippen LogP contribution in [0, 0.1) is 15.9 Å². The van der Waals surface area contributed by atoms with Crippen LogP contribution in [0.1, 0.15) is 5.56 Å². The van der Waals surface area contributed by atoms with E-state index in [4.69, 9.17) is 11.6 Å². The van der Waals surface area contributed by atoms with Gasteiger partial charge in [0.2, 0.25) is 11.6 Å². The molecular formula is C17H10ClF4N5O2. The molecule has 0 amide bonds. The minimum absolute atomic E-state index is 0.0858. The first-order valence-corrected chi connectivity index (χ1v) is 8.19. The van der Waals surface area contributed by atoms with Crippen molar-refractivity contribution < 1.29 is 22.5 Å². The molecule has 0 saturated carbocycles. The number of anilines is 4. The van der Waals surface area contributed by atoms with Gasteiger partial charge in [0.15, 0.2) is 0 Å². The van der Waals surface area contributed by atoms with Crippen molar-refractivity contribution in [2.75, 3.05) is 10.6 Å². The Morgan fingerprint density at radius 2 is 1.62 bits per heavy atom. The number of benzene rings is 2. The van der Waals surface area contributed by atoms with Crippen molar-refractivity contribution in [3.8, 4) is 0 Å². The summed E-state index contributed by atoms with van der Waals surface area (Å²) in [5, 5.41) is 16.3. The summed E-state index contributed by atoms with van der Waals surface area (Å²) in [6.45, 7) is 0. The van der Waals surface area contributed by atoms with Crippen molar-refractivity contribution in [2.45, 2.75) is 6.18 Å². The zero-order chi connectivity index (χ0) is 21.2. The molecule has 3 aromatic rings. The number of alkyl halides is 3. The summed E-state index contributed by atoms with van der Waals surface area (Å²) in [5.41, 5.74) is -2.05. The quantitative estimate of drug-likeness (QED) is 0.309. The van der Waals surface area contributed by atoms with Gasteiger partial charge in [-0.15, -0.1) is 0 Å². The highest BCUT2D eigenvalue weighted by Crippen LogP contribution is 2.38. The number of halogens is 5. The fourth-order valence-electron chi connectivity index (χ4n) is 2.35. The van der Waals surface area contributed by atoms with Crippen LogP contribution in [-0.2, 0) is 6.18 Å². The van der Waals surface area contributed by atoms with Crippen LogP contribution in [0.25, 0.3) is 0 Å². The molecule has 7 nitrogen and oxygen atoms in total. The molecule has 3 rings (SSSR count). The molecule has 2 N–H and O–H groups in total. The van der Waals surface area contributed by atoms with Gasteiger partial charge in [0.05, 0.1) is 26.9 Å². The first kappa shape index (κ1) is 20.3. The summed E-state index contributed by atoms with van der Waals surface area (Å²) >= 11 is 5.91. The molecule has 12 heteroatoms. The number of nitro groups is 1. The second-order valence-electron chi connectivity index (χ2n) is 5.60. The van der Waals surface area contributed by atoms with Crippen LogP contribution in [0.15, 0.2) is 48.8 Å². The first-order valence-electron chi connectivity index (χ1n) is 7.81. The van der Waals surface area contributed by atoms with Gasteiger partial charge in [-0.1, -0.05) is 23.7 Å². The predicted molar refractivity (Wildman–Crippen MR) is 98.1 cm³/mol. The lowest BCUT2D eigenvalue weighted by molar-refractivity contribution is -0.383. The van der Waals surface area contributed by atoms with E-state index in [0.717, 1.165) is 24.5 Å². The number of hydrogen-bond acceptors (Lipinski definition) is 6. The predicted octanol–water partition coefficient (Wildman–Crippen LogP) is 5.68. The Balaban J connectivity index is 2.03. The number of nitrogens with zero attached hydrogens (tertiary/aromatic N) is 3. The summed E-state index contributed by atoms with van der Waals surface area (Å²) in [6.07, 6.45) is -3.71. The molecule has 0 saturated heterocycles. The van der Waals surface area contributed by atoms with Gasteiger partial charge in [0, 0.05) is 0 Å². The fourth-order valence-corrected chi connectivity index (χ4v) is 2.51. The second kappa shape index (κ2) is 7.87. The van der Waals surface area contributed by atoms with E-state index in [1.807, 2.05) is 0 Å². The molecular weight excluding hydrogens is 418 g/mol. The number of para-hydroxylation sites is 1. The minimum Gasteiger partial charge on any atom is -0.333 e. The highest BCUT2D eigenvalue weighted by molar-refractivity contribution is 6.33. The molecule has 150 valence electrons. The van der Waals surface area contributed by atoms with E-state index in [-0.39, 0.29) is 22.2 Å². The van der Waals surface area contributed by atoms with Crippen LogP contribution >= 0.6 is 11.6 Å². The molecule has 0 fully saturated rings. The fraction of sp³-hybridized carbons (Fsp3) is 0.0588. The highest BCUT2D eigenvalue weighted by atomic mass is 35.5. The van der Waals surface area contributed by atoms with Crippen molar-refractivity contribution >= 4 is 40.3 Å². The molecule has 0 radical (unpaired) electrons. The monoisotopic (exact) mass is 427 g/mol. The Hall–Kier alpha value is -3.47. The number of rotatable bonds is 5. The maximum absolute atomic E-state index is 13.8. The standard InChI is InChI=1S/C17H10ClF4N5O2/c18-10-6-5-9(17(20,21)22)7-13(10)26-16-14(27(28)29)15(23-8-24-16)25-12-4-2-1-3-11(12)19/h1-8H,(H2,23,24,25,26). The average Bonchev–Trinajstić information content (AvgIpc) is 2.64. The molecule has 0 atom stereocenters. The average molecular weight is 428 g/mol. The Kier molecular flexibility index (Phi) is 5.50. The van der Waals surface area contributed by atoms with Crippen LogP contribution in [0.3, 0.4) is 0 Å². The second-order valence-corrected chi connectivity index (χ2v) is 6.01. The molecule has 0 bridgehead atoms. The maximum Gasteiger partial charge on any atom is 0.416 e. The van der Waals surface area contributed by atoms with Crippen molar-refractivity contribution in [1.82, 2.24) is 9.97 Å². The molecule has 0 aliphatic rings. The third-order valence-corrected chi connectivity index (χ3v) is 4.01. The van der Waals surface area contributed by atoms with Crippen molar-refractivity contribution in [1.29, 1.82) is 0 Å². The Morgan fingerprint density at radius 1 is 1.00 bits per heavy atom. The molecule has 0 spiro atoms. The molecule has 0 aliphatic heterocycles. The van der Waals surface area contributed by atoms with E-state index in [1.54, 1.807) is 0 Å². The number of aromatic nitrogens is 2.